The van der Waals surface area contributed by atoms with Gasteiger partial charge >= 0.3 is 0 Å². The van der Waals surface area contributed by atoms with Crippen molar-refractivity contribution in [2.75, 3.05) is 26.8 Å². The lowest BCUT2D eigenvalue weighted by molar-refractivity contribution is 0.0266. The first-order valence-corrected chi connectivity index (χ1v) is 9.46. The average molecular weight is 353 g/mol. The van der Waals surface area contributed by atoms with E-state index in [1.165, 1.54) is 30.4 Å². The Morgan fingerprint density at radius 1 is 1.23 bits per heavy atom. The van der Waals surface area contributed by atoms with Crippen LogP contribution in [-0.4, -0.2) is 41.7 Å². The van der Waals surface area contributed by atoms with Crippen LogP contribution in [-0.2, 0) is 17.9 Å². The summed E-state index contributed by atoms with van der Waals surface area (Å²) in [5.74, 6) is 1.48. The quantitative estimate of drug-likeness (QED) is 0.764. The molecule has 0 spiro atoms. The zero-order valence-corrected chi connectivity index (χ0v) is 15.4. The van der Waals surface area contributed by atoms with Crippen LogP contribution < -0.4 is 4.74 Å². The molecule has 0 radical (unpaired) electrons. The van der Waals surface area contributed by atoms with Crippen LogP contribution in [0.15, 0.2) is 42.9 Å². The fourth-order valence-corrected chi connectivity index (χ4v) is 4.70. The van der Waals surface area contributed by atoms with Crippen molar-refractivity contribution in [3.63, 3.8) is 0 Å². The lowest BCUT2D eigenvalue weighted by atomic mass is 9.81. The Morgan fingerprint density at radius 2 is 2.12 bits per heavy atom. The Morgan fingerprint density at radius 3 is 2.96 bits per heavy atom. The summed E-state index contributed by atoms with van der Waals surface area (Å²) in [4.78, 5) is 11.0. The van der Waals surface area contributed by atoms with Crippen molar-refractivity contribution in [3.8, 4) is 5.88 Å². The molecule has 0 unspecified atom stereocenters. The number of hydrogen-bond donors (Lipinski definition) is 0. The standard InChI is InChI=1S/C21H27N3O2/c1-25-20-18(4-3-9-23-20)12-24-13-19-5-2-8-21(19,15-24)16-26-14-17-6-10-22-11-7-17/h3-4,6-7,9-11,19H,2,5,8,12-16H2,1H3/t19-,21+/m0/s1. The van der Waals surface area contributed by atoms with E-state index in [4.69, 9.17) is 9.47 Å². The molecule has 26 heavy (non-hydrogen) atoms. The number of aromatic nitrogens is 2. The van der Waals surface area contributed by atoms with E-state index < -0.39 is 0 Å². The molecule has 2 atom stereocenters. The van der Waals surface area contributed by atoms with Gasteiger partial charge in [0.1, 0.15) is 0 Å². The van der Waals surface area contributed by atoms with Crippen LogP contribution in [0.5, 0.6) is 5.88 Å². The summed E-state index contributed by atoms with van der Waals surface area (Å²) in [7, 11) is 1.69. The predicted octanol–water partition coefficient (Wildman–Crippen LogP) is 3.30. The Balaban J connectivity index is 1.38. The highest BCUT2D eigenvalue weighted by atomic mass is 16.5. The van der Waals surface area contributed by atoms with Gasteiger partial charge in [0.05, 0.1) is 20.3 Å². The van der Waals surface area contributed by atoms with Crippen molar-refractivity contribution in [1.29, 1.82) is 0 Å². The minimum absolute atomic E-state index is 0.308. The van der Waals surface area contributed by atoms with Gasteiger partial charge in [-0.1, -0.05) is 12.5 Å². The first-order valence-electron chi connectivity index (χ1n) is 9.46. The summed E-state index contributed by atoms with van der Waals surface area (Å²) in [6, 6.07) is 8.16. The summed E-state index contributed by atoms with van der Waals surface area (Å²) in [6.45, 7) is 4.68. The van der Waals surface area contributed by atoms with Gasteiger partial charge in [-0.05, 0) is 42.5 Å². The van der Waals surface area contributed by atoms with Crippen molar-refractivity contribution in [2.24, 2.45) is 11.3 Å². The zero-order valence-electron chi connectivity index (χ0n) is 15.4. The molecular weight excluding hydrogens is 326 g/mol. The van der Waals surface area contributed by atoms with Crippen LogP contribution in [0.3, 0.4) is 0 Å². The number of hydrogen-bond acceptors (Lipinski definition) is 5. The SMILES string of the molecule is COc1ncccc1CN1C[C@@H]2CCC[C@]2(COCc2ccncc2)C1. The minimum atomic E-state index is 0.308. The monoisotopic (exact) mass is 353 g/mol. The molecule has 2 aliphatic rings. The van der Waals surface area contributed by atoms with Crippen LogP contribution in [0, 0.1) is 11.3 Å². The van der Waals surface area contributed by atoms with E-state index in [1.54, 1.807) is 13.3 Å². The Kier molecular flexibility index (Phi) is 5.18. The second kappa shape index (κ2) is 7.72. The van der Waals surface area contributed by atoms with E-state index in [1.807, 2.05) is 30.6 Å². The van der Waals surface area contributed by atoms with Gasteiger partial charge < -0.3 is 9.47 Å². The van der Waals surface area contributed by atoms with Gasteiger partial charge in [-0.2, -0.15) is 0 Å². The molecule has 2 aromatic heterocycles. The second-order valence-electron chi connectivity index (χ2n) is 7.64. The lowest BCUT2D eigenvalue weighted by Gasteiger charge is -2.29. The number of fused-ring (bicyclic) bond motifs is 1. The molecule has 0 aromatic carbocycles. The summed E-state index contributed by atoms with van der Waals surface area (Å²) in [5, 5.41) is 0. The van der Waals surface area contributed by atoms with Gasteiger partial charge in [-0.15, -0.1) is 0 Å². The smallest absolute Gasteiger partial charge is 0.217 e. The van der Waals surface area contributed by atoms with Gasteiger partial charge in [0.15, 0.2) is 0 Å². The maximum atomic E-state index is 6.16. The van der Waals surface area contributed by atoms with Crippen LogP contribution >= 0.6 is 0 Å². The topological polar surface area (TPSA) is 47.5 Å². The third-order valence-electron chi connectivity index (χ3n) is 5.96. The Labute approximate surface area is 155 Å². The van der Waals surface area contributed by atoms with Crippen molar-refractivity contribution >= 4 is 0 Å². The Hall–Kier alpha value is -1.98. The minimum Gasteiger partial charge on any atom is -0.481 e. The number of likely N-dealkylation sites (tertiary alicyclic amines) is 1. The fraction of sp³-hybridized carbons (Fsp3) is 0.524. The van der Waals surface area contributed by atoms with E-state index in [9.17, 15) is 0 Å². The number of rotatable bonds is 7. The molecular formula is C21H27N3O2. The van der Waals surface area contributed by atoms with Gasteiger partial charge in [-0.25, -0.2) is 4.98 Å². The second-order valence-corrected chi connectivity index (χ2v) is 7.64. The number of nitrogens with zero attached hydrogens (tertiary/aromatic N) is 3. The van der Waals surface area contributed by atoms with Crippen molar-refractivity contribution in [3.05, 3.63) is 54.0 Å². The molecule has 2 fully saturated rings. The molecule has 1 saturated heterocycles. The molecule has 138 valence electrons. The van der Waals surface area contributed by atoms with Crippen LogP contribution in [0.2, 0.25) is 0 Å². The molecule has 1 aliphatic carbocycles. The summed E-state index contributed by atoms with van der Waals surface area (Å²) < 4.78 is 11.6. The molecule has 1 saturated carbocycles. The van der Waals surface area contributed by atoms with E-state index >= 15 is 0 Å². The molecule has 2 aromatic rings. The molecule has 0 bridgehead atoms. The van der Waals surface area contributed by atoms with E-state index in [0.29, 0.717) is 12.0 Å². The maximum Gasteiger partial charge on any atom is 0.217 e. The summed E-state index contributed by atoms with van der Waals surface area (Å²) >= 11 is 0. The zero-order chi connectivity index (χ0) is 17.8. The Bertz CT molecular complexity index is 724. The fourth-order valence-electron chi connectivity index (χ4n) is 4.70. The van der Waals surface area contributed by atoms with Crippen molar-refractivity contribution in [2.45, 2.75) is 32.4 Å². The summed E-state index contributed by atoms with van der Waals surface area (Å²) in [5.41, 5.74) is 2.67. The predicted molar refractivity (Wildman–Crippen MR) is 99.7 cm³/mol. The molecule has 1 aliphatic heterocycles. The first kappa shape index (κ1) is 17.4. The number of pyridine rings is 2. The first-order chi connectivity index (χ1) is 12.8. The molecule has 0 N–H and O–H groups in total. The third-order valence-corrected chi connectivity index (χ3v) is 5.96. The number of methoxy groups -OCH3 is 1. The molecule has 5 nitrogen and oxygen atoms in total. The average Bonchev–Trinajstić information content (AvgIpc) is 3.19. The van der Waals surface area contributed by atoms with Gasteiger partial charge in [-0.3, -0.25) is 9.88 Å². The largest absolute Gasteiger partial charge is 0.481 e. The molecule has 5 heteroatoms. The van der Waals surface area contributed by atoms with Gasteiger partial charge in [0.25, 0.3) is 0 Å². The lowest BCUT2D eigenvalue weighted by Crippen LogP contribution is -2.32. The highest BCUT2D eigenvalue weighted by Crippen LogP contribution is 2.49. The highest BCUT2D eigenvalue weighted by Gasteiger charge is 2.49. The van der Waals surface area contributed by atoms with Crippen LogP contribution in [0.25, 0.3) is 0 Å². The van der Waals surface area contributed by atoms with E-state index in [-0.39, 0.29) is 0 Å². The molecule has 0 amide bonds. The maximum absolute atomic E-state index is 6.16. The summed E-state index contributed by atoms with van der Waals surface area (Å²) in [6.07, 6.45) is 9.36. The van der Waals surface area contributed by atoms with E-state index in [0.717, 1.165) is 38.0 Å². The highest BCUT2D eigenvalue weighted by molar-refractivity contribution is 5.25. The normalized spacial score (nSPS) is 25.3. The van der Waals surface area contributed by atoms with Crippen molar-refractivity contribution < 1.29 is 9.47 Å². The van der Waals surface area contributed by atoms with Crippen molar-refractivity contribution in [1.82, 2.24) is 14.9 Å². The van der Waals surface area contributed by atoms with E-state index in [2.05, 4.69) is 20.9 Å². The van der Waals surface area contributed by atoms with Gasteiger partial charge in [0, 0.05) is 49.2 Å². The molecule has 4 rings (SSSR count). The van der Waals surface area contributed by atoms with Crippen LogP contribution in [0.4, 0.5) is 0 Å². The third kappa shape index (κ3) is 3.60. The van der Waals surface area contributed by atoms with Gasteiger partial charge in [0.2, 0.25) is 5.88 Å². The number of ether oxygens (including phenoxy) is 2. The van der Waals surface area contributed by atoms with Crippen LogP contribution in [0.1, 0.15) is 30.4 Å². The molecule has 3 heterocycles.